The van der Waals surface area contributed by atoms with E-state index in [2.05, 4.69) is 19.9 Å². The Hall–Kier alpha value is -1.89. The Kier molecular flexibility index (Phi) is 3.61. The molecule has 1 amide bonds. The minimum atomic E-state index is -1.24. The van der Waals surface area contributed by atoms with Gasteiger partial charge >= 0.3 is 5.97 Å². The van der Waals surface area contributed by atoms with Crippen molar-refractivity contribution in [2.75, 3.05) is 26.7 Å². The van der Waals surface area contributed by atoms with Crippen molar-refractivity contribution in [3.8, 4) is 0 Å². The summed E-state index contributed by atoms with van der Waals surface area (Å²) in [5.74, 6) is -1.54. The Balaban J connectivity index is 1.85. The van der Waals surface area contributed by atoms with E-state index >= 15 is 0 Å². The molecular weight excluding hydrogens is 238 g/mol. The standard InChI is InChI=1S/C11H15N3O4/c1-14-3-2-7(6-14)5-12-10(15)8-4-9(11(16)17)18-13-8/h4,7H,2-3,5-6H2,1H3,(H,12,15)(H,16,17). The predicted octanol–water partition coefficient (Wildman–Crippen LogP) is 0.0543. The monoisotopic (exact) mass is 253 g/mol. The number of nitrogens with zero attached hydrogens (tertiary/aromatic N) is 2. The molecule has 1 aliphatic heterocycles. The van der Waals surface area contributed by atoms with Gasteiger partial charge in [-0.2, -0.15) is 0 Å². The first-order chi connectivity index (χ1) is 8.56. The maximum atomic E-state index is 11.7. The Morgan fingerprint density at radius 1 is 1.67 bits per heavy atom. The van der Waals surface area contributed by atoms with Crippen molar-refractivity contribution in [2.45, 2.75) is 6.42 Å². The number of carbonyl (C=O) groups is 2. The largest absolute Gasteiger partial charge is 0.475 e. The lowest BCUT2D eigenvalue weighted by Crippen LogP contribution is -2.30. The number of likely N-dealkylation sites (tertiary alicyclic amines) is 1. The van der Waals surface area contributed by atoms with Crippen molar-refractivity contribution in [1.82, 2.24) is 15.4 Å². The summed E-state index contributed by atoms with van der Waals surface area (Å²) in [6.45, 7) is 2.56. The number of amides is 1. The third kappa shape index (κ3) is 2.86. The fourth-order valence-electron chi connectivity index (χ4n) is 2.00. The Bertz CT molecular complexity index is 457. The van der Waals surface area contributed by atoms with Gasteiger partial charge in [0.25, 0.3) is 5.91 Å². The second kappa shape index (κ2) is 5.18. The molecule has 18 heavy (non-hydrogen) atoms. The average Bonchev–Trinajstić information content (AvgIpc) is 2.94. The molecule has 1 fully saturated rings. The van der Waals surface area contributed by atoms with Crippen LogP contribution in [-0.2, 0) is 0 Å². The van der Waals surface area contributed by atoms with Crippen LogP contribution in [-0.4, -0.2) is 53.7 Å². The SMILES string of the molecule is CN1CCC(CNC(=O)c2cc(C(=O)O)on2)C1. The van der Waals surface area contributed by atoms with Gasteiger partial charge in [-0.1, -0.05) is 5.16 Å². The minimum Gasteiger partial charge on any atom is -0.475 e. The molecule has 98 valence electrons. The molecule has 7 nitrogen and oxygen atoms in total. The topological polar surface area (TPSA) is 95.7 Å². The van der Waals surface area contributed by atoms with Gasteiger partial charge in [-0.15, -0.1) is 0 Å². The third-order valence-corrected chi connectivity index (χ3v) is 2.99. The fourth-order valence-corrected chi connectivity index (χ4v) is 2.00. The molecule has 0 aromatic carbocycles. The summed E-state index contributed by atoms with van der Waals surface area (Å²) in [7, 11) is 2.04. The zero-order valence-electron chi connectivity index (χ0n) is 10.0. The first-order valence-electron chi connectivity index (χ1n) is 5.73. The van der Waals surface area contributed by atoms with Crippen LogP contribution in [0.15, 0.2) is 10.6 Å². The Morgan fingerprint density at radius 2 is 2.44 bits per heavy atom. The van der Waals surface area contributed by atoms with E-state index in [0.717, 1.165) is 25.6 Å². The molecule has 0 bridgehead atoms. The van der Waals surface area contributed by atoms with Crippen LogP contribution in [0.5, 0.6) is 0 Å². The molecule has 0 saturated carbocycles. The fraction of sp³-hybridized carbons (Fsp3) is 0.545. The van der Waals surface area contributed by atoms with Gasteiger partial charge in [-0.05, 0) is 25.9 Å². The highest BCUT2D eigenvalue weighted by Crippen LogP contribution is 2.13. The molecule has 2 heterocycles. The molecule has 1 saturated heterocycles. The third-order valence-electron chi connectivity index (χ3n) is 2.99. The van der Waals surface area contributed by atoms with Gasteiger partial charge in [0.2, 0.25) is 5.76 Å². The van der Waals surface area contributed by atoms with Crippen LogP contribution in [0.4, 0.5) is 0 Å². The van der Waals surface area contributed by atoms with E-state index in [1.807, 2.05) is 7.05 Å². The highest BCUT2D eigenvalue weighted by Gasteiger charge is 2.21. The maximum absolute atomic E-state index is 11.7. The van der Waals surface area contributed by atoms with Gasteiger partial charge in [0, 0.05) is 19.2 Å². The first-order valence-corrected chi connectivity index (χ1v) is 5.73. The minimum absolute atomic E-state index is 0.00116. The van der Waals surface area contributed by atoms with Crippen molar-refractivity contribution < 1.29 is 19.2 Å². The number of carbonyl (C=O) groups excluding carboxylic acids is 1. The van der Waals surface area contributed by atoms with Gasteiger partial charge < -0.3 is 19.8 Å². The zero-order chi connectivity index (χ0) is 13.1. The maximum Gasteiger partial charge on any atom is 0.374 e. The van der Waals surface area contributed by atoms with Gasteiger partial charge in [0.05, 0.1) is 0 Å². The van der Waals surface area contributed by atoms with Gasteiger partial charge in [0.1, 0.15) is 0 Å². The lowest BCUT2D eigenvalue weighted by molar-refractivity contribution is 0.0651. The number of rotatable bonds is 4. The van der Waals surface area contributed by atoms with Crippen molar-refractivity contribution in [2.24, 2.45) is 5.92 Å². The van der Waals surface area contributed by atoms with E-state index in [1.54, 1.807) is 0 Å². The number of carboxylic acids is 1. The van der Waals surface area contributed by atoms with Gasteiger partial charge in [-0.3, -0.25) is 4.79 Å². The van der Waals surface area contributed by atoms with Crippen molar-refractivity contribution in [1.29, 1.82) is 0 Å². The molecule has 1 unspecified atom stereocenters. The summed E-state index contributed by atoms with van der Waals surface area (Å²) in [5.41, 5.74) is -0.00116. The highest BCUT2D eigenvalue weighted by molar-refractivity contribution is 5.94. The molecule has 1 atom stereocenters. The van der Waals surface area contributed by atoms with Crippen LogP contribution in [0.3, 0.4) is 0 Å². The number of carboxylic acid groups (broad SMARTS) is 1. The molecule has 1 aromatic heterocycles. The molecule has 1 aliphatic rings. The summed E-state index contributed by atoms with van der Waals surface area (Å²) >= 11 is 0. The van der Waals surface area contributed by atoms with Crippen molar-refractivity contribution in [3.05, 3.63) is 17.5 Å². The molecule has 2 rings (SSSR count). The summed E-state index contributed by atoms with van der Waals surface area (Å²) < 4.78 is 4.52. The molecule has 0 aliphatic carbocycles. The molecule has 0 radical (unpaired) electrons. The van der Waals surface area contributed by atoms with Crippen LogP contribution in [0.1, 0.15) is 27.5 Å². The van der Waals surface area contributed by atoms with Crippen LogP contribution in [0, 0.1) is 5.92 Å². The van der Waals surface area contributed by atoms with Gasteiger partial charge in [0.15, 0.2) is 5.69 Å². The number of hydrogen-bond acceptors (Lipinski definition) is 5. The normalized spacial score (nSPS) is 19.9. The van der Waals surface area contributed by atoms with E-state index in [1.165, 1.54) is 0 Å². The van der Waals surface area contributed by atoms with Crippen LogP contribution in [0.25, 0.3) is 0 Å². The molecule has 0 spiro atoms. The van der Waals surface area contributed by atoms with Gasteiger partial charge in [-0.25, -0.2) is 4.79 Å². The van der Waals surface area contributed by atoms with E-state index in [9.17, 15) is 9.59 Å². The first kappa shape index (κ1) is 12.6. The van der Waals surface area contributed by atoms with E-state index < -0.39 is 11.9 Å². The molecule has 1 aromatic rings. The lowest BCUT2D eigenvalue weighted by Gasteiger charge is -2.10. The van der Waals surface area contributed by atoms with E-state index in [-0.39, 0.29) is 11.5 Å². The Morgan fingerprint density at radius 3 is 3.00 bits per heavy atom. The molecular formula is C11H15N3O4. The predicted molar refractivity (Wildman–Crippen MR) is 61.4 cm³/mol. The average molecular weight is 253 g/mol. The molecule has 2 N–H and O–H groups in total. The smallest absolute Gasteiger partial charge is 0.374 e. The lowest BCUT2D eigenvalue weighted by atomic mass is 10.1. The number of nitrogens with one attached hydrogen (secondary N) is 1. The summed E-state index contributed by atoms with van der Waals surface area (Å²) in [6.07, 6.45) is 1.05. The quantitative estimate of drug-likeness (QED) is 0.787. The number of aromatic carboxylic acids is 1. The second-order valence-electron chi connectivity index (χ2n) is 4.51. The van der Waals surface area contributed by atoms with Crippen LogP contribution < -0.4 is 5.32 Å². The summed E-state index contributed by atoms with van der Waals surface area (Å²) in [5, 5.41) is 14.8. The van der Waals surface area contributed by atoms with E-state index in [0.29, 0.717) is 12.5 Å². The zero-order valence-corrected chi connectivity index (χ0v) is 10.0. The number of hydrogen-bond donors (Lipinski definition) is 2. The van der Waals surface area contributed by atoms with Crippen molar-refractivity contribution >= 4 is 11.9 Å². The number of aromatic nitrogens is 1. The molecule has 7 heteroatoms. The summed E-state index contributed by atoms with van der Waals surface area (Å²) in [4.78, 5) is 24.5. The van der Waals surface area contributed by atoms with Crippen molar-refractivity contribution in [3.63, 3.8) is 0 Å². The second-order valence-corrected chi connectivity index (χ2v) is 4.51. The van der Waals surface area contributed by atoms with E-state index in [4.69, 9.17) is 5.11 Å². The van der Waals surface area contributed by atoms with Crippen LogP contribution >= 0.6 is 0 Å². The van der Waals surface area contributed by atoms with Crippen LogP contribution in [0.2, 0.25) is 0 Å². The summed E-state index contributed by atoms with van der Waals surface area (Å²) in [6, 6.07) is 1.12. The Labute approximate surface area is 104 Å². The highest BCUT2D eigenvalue weighted by atomic mass is 16.5.